The molecule has 2 aliphatic heterocycles. The number of rotatable bonds is 24. The molecule has 9 atom stereocenters. The first kappa shape index (κ1) is 58.0. The number of fused-ring (bicyclic) bond motifs is 2. The molecule has 0 bridgehead atoms. The summed E-state index contributed by atoms with van der Waals surface area (Å²) in [5.41, 5.74) is -0.261. The maximum atomic E-state index is 18.0. The van der Waals surface area contributed by atoms with E-state index in [-0.39, 0.29) is 53.5 Å². The number of halogens is 1. The van der Waals surface area contributed by atoms with Crippen LogP contribution in [0.15, 0.2) is 120 Å². The van der Waals surface area contributed by atoms with Gasteiger partial charge in [-0.15, -0.1) is 19.6 Å². The smallest absolute Gasteiger partial charge is 0.497 e. The summed E-state index contributed by atoms with van der Waals surface area (Å²) in [5.74, 6) is -0.495. The highest BCUT2D eigenvalue weighted by molar-refractivity contribution is 7.41. The molecule has 10 rings (SSSR count). The predicted octanol–water partition coefficient (Wildman–Crippen LogP) is 6.74. The molecule has 0 aliphatic carbocycles. The lowest BCUT2D eigenvalue weighted by Crippen LogP contribution is -2.39. The van der Waals surface area contributed by atoms with E-state index >= 15 is 4.39 Å². The van der Waals surface area contributed by atoms with E-state index in [2.05, 4.69) is 51.2 Å². The van der Waals surface area contributed by atoms with E-state index in [0.717, 1.165) is 15.7 Å². The highest BCUT2D eigenvalue weighted by Gasteiger charge is 2.52. The molecule has 83 heavy (non-hydrogen) atoms. The van der Waals surface area contributed by atoms with Gasteiger partial charge in [-0.2, -0.15) is 19.6 Å². The molecule has 2 aliphatic rings. The Morgan fingerprint density at radius 1 is 0.855 bits per heavy atom. The van der Waals surface area contributed by atoms with E-state index in [1.165, 1.54) is 0 Å². The Bertz CT molecular complexity index is 3630. The minimum absolute atomic E-state index is 0.0117. The minimum atomic E-state index is -3.24. The fourth-order valence-corrected chi connectivity index (χ4v) is 10.9. The standard InChI is InChI=1S/C53H52FN13O14P2/c1-30(2)47(68)60-52-59-46-42(49(70)61-52)63-65-67(46)50-38(80-82(71)72)26-37(78-50)27-77-83(76-25-11-24-55)81-43-39(79-51(40(43)54)66-45-41(62-64-66)44(56-29-57-45)58-48(69)31-12-7-5-8-13-31)28-75-53(32-14-9-6-10-15-32,33-16-20-35(73-3)21-17-33)34-18-22-36(74-4)23-19-34/h5-10,12-23,29-30,37-40,43,50-51H,11,25-28H2,1-4H3,(H3-,56,57,58,59,60,61,64,65,68,69,70,71,72)/p+1/t37-,38-,39+,40-,43+,50+,51+,83?/m0/s1. The summed E-state index contributed by atoms with van der Waals surface area (Å²) in [4.78, 5) is 64.3. The second-order valence-electron chi connectivity index (χ2n) is 18.9. The largest absolute Gasteiger partial charge is 0.695 e. The number of aromatic nitrogens is 10. The van der Waals surface area contributed by atoms with Crippen LogP contribution in [0.2, 0.25) is 0 Å². The number of hydrogen-bond donors (Lipinski definition) is 4. The van der Waals surface area contributed by atoms with Gasteiger partial charge in [-0.05, 0) is 53.1 Å². The SMILES string of the molecule is COc1ccc(C(OC[C@H]2O[C@@H](n3nnc4c(NC(=O)c5ccccc5)ncnc43)[C@@H](F)[C@@H]2OP(OCCC#N)OC[C@@H]2C[C@H](O[P+](=O)O)[C@H](n3nnc4c(=O)[nH]c(NC(=O)C(C)C)nc43)O2)(c2ccccc2)c2ccc(OC)cc2)cc1. The highest BCUT2D eigenvalue weighted by Crippen LogP contribution is 2.50. The first-order valence-corrected chi connectivity index (χ1v) is 28.0. The second-order valence-corrected chi connectivity index (χ2v) is 20.8. The molecule has 4 aromatic heterocycles. The first-order chi connectivity index (χ1) is 40.3. The van der Waals surface area contributed by atoms with Crippen molar-refractivity contribution < 1.29 is 65.2 Å². The molecule has 4 N–H and O–H groups in total. The molecule has 2 saturated heterocycles. The van der Waals surface area contributed by atoms with Crippen LogP contribution in [0.3, 0.4) is 0 Å². The van der Waals surface area contributed by atoms with Crippen molar-refractivity contribution in [1.29, 1.82) is 5.26 Å². The normalized spacial score (nSPS) is 20.3. The Morgan fingerprint density at radius 2 is 1.49 bits per heavy atom. The van der Waals surface area contributed by atoms with Gasteiger partial charge in [0.25, 0.3) is 11.5 Å². The number of benzene rings is 4. The van der Waals surface area contributed by atoms with E-state index in [4.69, 9.17) is 41.8 Å². The molecule has 6 heterocycles. The van der Waals surface area contributed by atoms with Gasteiger partial charge in [-0.3, -0.25) is 24.7 Å². The average Bonchev–Trinajstić information content (AvgIpc) is 3.21. The zero-order chi connectivity index (χ0) is 58.2. The van der Waals surface area contributed by atoms with E-state index in [1.54, 1.807) is 82.7 Å². The zero-order valence-corrected chi connectivity index (χ0v) is 46.4. The van der Waals surface area contributed by atoms with Crippen molar-refractivity contribution in [2.75, 3.05) is 44.7 Å². The minimum Gasteiger partial charge on any atom is -0.497 e. The van der Waals surface area contributed by atoms with Crippen LogP contribution in [0.25, 0.3) is 22.3 Å². The fraction of sp³-hybridized carbons (Fsp3) is 0.340. The van der Waals surface area contributed by atoms with Gasteiger partial charge in [0.2, 0.25) is 11.9 Å². The molecule has 2 unspecified atom stereocenters. The van der Waals surface area contributed by atoms with Gasteiger partial charge < -0.3 is 42.6 Å². The zero-order valence-electron chi connectivity index (χ0n) is 44.6. The molecule has 30 heteroatoms. The quantitative estimate of drug-likeness (QED) is 0.0276. The topological polar surface area (TPSA) is 335 Å². The Balaban J connectivity index is 0.985. The molecule has 430 valence electrons. The number of methoxy groups -OCH3 is 2. The number of ether oxygens (including phenoxy) is 5. The summed E-state index contributed by atoms with van der Waals surface area (Å²) in [7, 11) is -2.80. The van der Waals surface area contributed by atoms with Gasteiger partial charge in [0.1, 0.15) is 35.6 Å². The molecule has 4 aromatic carbocycles. The van der Waals surface area contributed by atoms with Crippen molar-refractivity contribution >= 4 is 62.8 Å². The van der Waals surface area contributed by atoms with Crippen molar-refractivity contribution in [3.05, 3.63) is 148 Å². The summed E-state index contributed by atoms with van der Waals surface area (Å²) < 4.78 is 87.8. The summed E-state index contributed by atoms with van der Waals surface area (Å²) in [6, 6.07) is 34.3. The van der Waals surface area contributed by atoms with E-state index < -0.39 is 102 Å². The summed E-state index contributed by atoms with van der Waals surface area (Å²) >= 11 is 0. The van der Waals surface area contributed by atoms with Crippen LogP contribution in [-0.4, -0.2) is 131 Å². The predicted molar refractivity (Wildman–Crippen MR) is 291 cm³/mol. The molecule has 0 saturated carbocycles. The van der Waals surface area contributed by atoms with Crippen LogP contribution in [-0.2, 0) is 47.3 Å². The van der Waals surface area contributed by atoms with E-state index in [0.29, 0.717) is 33.8 Å². The Kier molecular flexibility index (Phi) is 18.1. The van der Waals surface area contributed by atoms with Crippen LogP contribution in [0, 0.1) is 17.2 Å². The number of carbonyl (C=O) groups excluding carboxylic acids is 2. The number of amides is 2. The Morgan fingerprint density at radius 3 is 2.13 bits per heavy atom. The second kappa shape index (κ2) is 25.9. The summed E-state index contributed by atoms with van der Waals surface area (Å²) in [5, 5.41) is 31.3. The highest BCUT2D eigenvalue weighted by atomic mass is 31.2. The first-order valence-electron chi connectivity index (χ1n) is 25.7. The molecule has 2 amide bonds. The van der Waals surface area contributed by atoms with Crippen LogP contribution in [0.4, 0.5) is 16.2 Å². The Labute approximate surface area is 473 Å². The number of nitrogens with zero attached hydrogens (tertiary/aromatic N) is 10. The number of aromatic amines is 1. The molecule has 8 aromatic rings. The van der Waals surface area contributed by atoms with Crippen molar-refractivity contribution in [3.63, 3.8) is 0 Å². The van der Waals surface area contributed by atoms with Gasteiger partial charge in [0, 0.05) is 22.5 Å². The fourth-order valence-electron chi connectivity index (χ4n) is 9.32. The maximum absolute atomic E-state index is 18.0. The monoisotopic (exact) mass is 1180 g/mol. The van der Waals surface area contributed by atoms with Crippen molar-refractivity contribution in [3.8, 4) is 17.6 Å². The van der Waals surface area contributed by atoms with E-state index in [9.17, 15) is 29.1 Å². The van der Waals surface area contributed by atoms with Gasteiger partial charge in [0.05, 0.1) is 52.6 Å². The van der Waals surface area contributed by atoms with Crippen molar-refractivity contribution in [2.24, 2.45) is 5.92 Å². The van der Waals surface area contributed by atoms with Crippen molar-refractivity contribution in [2.45, 2.75) is 75.3 Å². The van der Waals surface area contributed by atoms with Crippen molar-refractivity contribution in [1.82, 2.24) is 49.9 Å². The third-order valence-electron chi connectivity index (χ3n) is 13.4. The molecular formula is C53H53FN13O14P2+. The van der Waals surface area contributed by atoms with Gasteiger partial charge >= 0.3 is 16.9 Å². The number of alkyl halides is 1. The van der Waals surface area contributed by atoms with E-state index in [1.807, 2.05) is 60.7 Å². The summed E-state index contributed by atoms with van der Waals surface area (Å²) in [6.07, 6.45) is -9.39. The van der Waals surface area contributed by atoms with Crippen LogP contribution in [0.1, 0.15) is 66.2 Å². The Hall–Kier alpha value is -8.19. The third-order valence-corrected chi connectivity index (χ3v) is 15.0. The lowest BCUT2D eigenvalue weighted by Gasteiger charge is -2.37. The maximum Gasteiger partial charge on any atom is 0.695 e. The van der Waals surface area contributed by atoms with Crippen LogP contribution < -0.4 is 25.7 Å². The molecule has 0 radical (unpaired) electrons. The number of carbonyl (C=O) groups is 2. The number of H-pyrrole nitrogens is 1. The van der Waals surface area contributed by atoms with Crippen LogP contribution in [0.5, 0.6) is 11.5 Å². The third kappa shape index (κ3) is 12.6. The van der Waals surface area contributed by atoms with Gasteiger partial charge in [-0.25, -0.2) is 14.4 Å². The lowest BCUT2D eigenvalue weighted by atomic mass is 9.80. The summed E-state index contributed by atoms with van der Waals surface area (Å²) in [6.45, 7) is 2.26. The average molecular weight is 1180 g/mol. The van der Waals surface area contributed by atoms with Gasteiger partial charge in [0.15, 0.2) is 52.9 Å². The number of anilines is 2. The number of nitrogens with one attached hydrogen (secondary N) is 3. The number of nitriles is 1. The number of hydrogen-bond acceptors (Lipinski definition) is 21. The molecule has 2 fully saturated rings. The molecule has 27 nitrogen and oxygen atoms in total. The lowest BCUT2D eigenvalue weighted by molar-refractivity contribution is -0.118. The van der Waals surface area contributed by atoms with Gasteiger partial charge in [-0.1, -0.05) is 97.1 Å². The van der Waals surface area contributed by atoms with Crippen LogP contribution >= 0.6 is 16.9 Å². The molecular weight excluding hydrogens is 1120 g/mol. The molecule has 0 spiro atoms.